The Morgan fingerprint density at radius 2 is 1.86 bits per heavy atom. The Labute approximate surface area is 176 Å². The summed E-state index contributed by atoms with van der Waals surface area (Å²) in [6.07, 6.45) is 0. The second kappa shape index (κ2) is 8.21. The zero-order valence-corrected chi connectivity index (χ0v) is 18.3. The Hall–Kier alpha value is -1.93. The van der Waals surface area contributed by atoms with Crippen LogP contribution < -0.4 is 10.9 Å². The SMILES string of the molecule is Cc1sc2nc(CN(C)C)n(CC(=O)Nc3cc(Cl)cc(Cl)c3)c(=O)c2c1C. The number of nitrogens with zero attached hydrogens (tertiary/aromatic N) is 3. The van der Waals surface area contributed by atoms with Crippen LogP contribution in [0.3, 0.4) is 0 Å². The Morgan fingerprint density at radius 3 is 2.46 bits per heavy atom. The number of hydrogen-bond donors (Lipinski definition) is 1. The smallest absolute Gasteiger partial charge is 0.263 e. The molecule has 2 aromatic heterocycles. The van der Waals surface area contributed by atoms with E-state index in [1.807, 2.05) is 32.8 Å². The summed E-state index contributed by atoms with van der Waals surface area (Å²) in [4.78, 5) is 34.1. The van der Waals surface area contributed by atoms with Crippen molar-refractivity contribution in [3.63, 3.8) is 0 Å². The van der Waals surface area contributed by atoms with Crippen LogP contribution in [0.15, 0.2) is 23.0 Å². The summed E-state index contributed by atoms with van der Waals surface area (Å²) in [7, 11) is 3.78. The average Bonchev–Trinajstić information content (AvgIpc) is 2.84. The molecule has 0 aliphatic carbocycles. The third kappa shape index (κ3) is 4.38. The fourth-order valence-corrected chi connectivity index (χ4v) is 4.47. The summed E-state index contributed by atoms with van der Waals surface area (Å²) in [5.41, 5.74) is 1.17. The minimum absolute atomic E-state index is 0.149. The number of carbonyl (C=O) groups is 1. The summed E-state index contributed by atoms with van der Waals surface area (Å²) >= 11 is 13.5. The molecule has 0 aliphatic rings. The van der Waals surface area contributed by atoms with Crippen LogP contribution in [0.25, 0.3) is 10.2 Å². The number of thiophene rings is 1. The molecule has 0 saturated heterocycles. The van der Waals surface area contributed by atoms with Gasteiger partial charge in [0, 0.05) is 20.6 Å². The van der Waals surface area contributed by atoms with Crippen LogP contribution in [0.1, 0.15) is 16.3 Å². The van der Waals surface area contributed by atoms with Crippen LogP contribution in [-0.2, 0) is 17.9 Å². The largest absolute Gasteiger partial charge is 0.324 e. The molecule has 2 heterocycles. The summed E-state index contributed by atoms with van der Waals surface area (Å²) in [5.74, 6) is 0.189. The average molecular weight is 439 g/mol. The van der Waals surface area contributed by atoms with E-state index in [-0.39, 0.29) is 18.0 Å². The number of halogens is 2. The van der Waals surface area contributed by atoms with Crippen LogP contribution in [0.2, 0.25) is 10.0 Å². The van der Waals surface area contributed by atoms with Gasteiger partial charge in [-0.05, 0) is 51.7 Å². The van der Waals surface area contributed by atoms with E-state index in [9.17, 15) is 9.59 Å². The lowest BCUT2D eigenvalue weighted by Gasteiger charge is -2.16. The molecular weight excluding hydrogens is 419 g/mol. The van der Waals surface area contributed by atoms with Gasteiger partial charge in [-0.2, -0.15) is 0 Å². The van der Waals surface area contributed by atoms with E-state index in [1.54, 1.807) is 18.2 Å². The number of anilines is 1. The number of rotatable bonds is 5. The predicted molar refractivity (Wildman–Crippen MR) is 116 cm³/mol. The summed E-state index contributed by atoms with van der Waals surface area (Å²) in [6, 6.07) is 4.78. The molecule has 28 heavy (non-hydrogen) atoms. The van der Waals surface area contributed by atoms with E-state index in [4.69, 9.17) is 23.2 Å². The van der Waals surface area contributed by atoms with Crippen LogP contribution in [0, 0.1) is 13.8 Å². The third-order valence-corrected chi connectivity index (χ3v) is 5.81. The van der Waals surface area contributed by atoms with Gasteiger partial charge in [0.1, 0.15) is 17.2 Å². The highest BCUT2D eigenvalue weighted by Crippen LogP contribution is 2.26. The lowest BCUT2D eigenvalue weighted by atomic mass is 10.2. The first kappa shape index (κ1) is 20.8. The lowest BCUT2D eigenvalue weighted by Crippen LogP contribution is -2.32. The molecule has 1 aromatic carbocycles. The van der Waals surface area contributed by atoms with E-state index in [2.05, 4.69) is 10.3 Å². The van der Waals surface area contributed by atoms with Crippen molar-refractivity contribution in [1.29, 1.82) is 0 Å². The van der Waals surface area contributed by atoms with Crippen LogP contribution in [-0.4, -0.2) is 34.5 Å². The van der Waals surface area contributed by atoms with Gasteiger partial charge >= 0.3 is 0 Å². The molecule has 6 nitrogen and oxygen atoms in total. The highest BCUT2D eigenvalue weighted by Gasteiger charge is 2.18. The minimum atomic E-state index is -0.355. The van der Waals surface area contributed by atoms with Gasteiger partial charge in [-0.1, -0.05) is 23.2 Å². The molecule has 1 amide bonds. The van der Waals surface area contributed by atoms with Gasteiger partial charge in [-0.3, -0.25) is 14.2 Å². The summed E-state index contributed by atoms with van der Waals surface area (Å²) in [5, 5.41) is 4.15. The molecule has 1 N–H and O–H groups in total. The zero-order valence-electron chi connectivity index (χ0n) is 16.0. The van der Waals surface area contributed by atoms with Crippen LogP contribution >= 0.6 is 34.5 Å². The number of fused-ring (bicyclic) bond motifs is 1. The lowest BCUT2D eigenvalue weighted by molar-refractivity contribution is -0.116. The highest BCUT2D eigenvalue weighted by molar-refractivity contribution is 7.18. The van der Waals surface area contributed by atoms with Crippen molar-refractivity contribution in [3.05, 3.63) is 54.9 Å². The predicted octanol–water partition coefficient (Wildman–Crippen LogP) is 4.08. The van der Waals surface area contributed by atoms with Crippen molar-refractivity contribution >= 4 is 56.3 Å². The Balaban J connectivity index is 2.00. The van der Waals surface area contributed by atoms with Gasteiger partial charge in [-0.25, -0.2) is 4.98 Å². The maximum Gasteiger partial charge on any atom is 0.263 e. The fraction of sp³-hybridized carbons (Fsp3) is 0.316. The molecule has 0 aliphatic heterocycles. The quantitative estimate of drug-likeness (QED) is 0.651. The molecular formula is C19H20Cl2N4O2S. The van der Waals surface area contributed by atoms with Gasteiger partial charge in [-0.15, -0.1) is 11.3 Å². The van der Waals surface area contributed by atoms with Gasteiger partial charge in [0.25, 0.3) is 5.56 Å². The van der Waals surface area contributed by atoms with Crippen LogP contribution in [0.5, 0.6) is 0 Å². The standard InChI is InChI=1S/C19H20Cl2N4O2S/c1-10-11(2)28-18-17(10)19(27)25(15(23-18)8-24(3)4)9-16(26)22-14-6-12(20)5-13(21)7-14/h5-7H,8-9H2,1-4H3,(H,22,26). The number of benzene rings is 1. The number of nitrogens with one attached hydrogen (secondary N) is 1. The van der Waals surface area contributed by atoms with Crippen LogP contribution in [0.4, 0.5) is 5.69 Å². The van der Waals surface area contributed by atoms with Crippen molar-refractivity contribution < 1.29 is 4.79 Å². The molecule has 3 rings (SSSR count). The van der Waals surface area contributed by atoms with E-state index < -0.39 is 0 Å². The number of aryl methyl sites for hydroxylation is 2. The van der Waals surface area contributed by atoms with E-state index in [0.717, 1.165) is 10.4 Å². The molecule has 0 bridgehead atoms. The maximum absolute atomic E-state index is 13.1. The number of carbonyl (C=O) groups excluding carboxylic acids is 1. The van der Waals surface area contributed by atoms with Crippen molar-refractivity contribution in [2.24, 2.45) is 0 Å². The number of hydrogen-bond acceptors (Lipinski definition) is 5. The molecule has 0 saturated carbocycles. The van der Waals surface area contributed by atoms with Crippen molar-refractivity contribution in [2.45, 2.75) is 26.9 Å². The molecule has 0 radical (unpaired) electrons. The maximum atomic E-state index is 13.1. The molecule has 0 atom stereocenters. The third-order valence-electron chi connectivity index (χ3n) is 4.27. The normalized spacial score (nSPS) is 11.4. The van der Waals surface area contributed by atoms with Gasteiger partial charge in [0.05, 0.1) is 11.9 Å². The Kier molecular flexibility index (Phi) is 6.09. The Morgan fingerprint density at radius 1 is 1.21 bits per heavy atom. The van der Waals surface area contributed by atoms with Gasteiger partial charge < -0.3 is 10.2 Å². The second-order valence-corrected chi connectivity index (χ2v) is 8.90. The summed E-state index contributed by atoms with van der Waals surface area (Å²) in [6.45, 7) is 4.16. The molecule has 3 aromatic rings. The second-order valence-electron chi connectivity index (χ2n) is 6.83. The first-order valence-electron chi connectivity index (χ1n) is 8.55. The monoisotopic (exact) mass is 438 g/mol. The van der Waals surface area contributed by atoms with E-state index in [0.29, 0.717) is 38.3 Å². The molecule has 148 valence electrons. The van der Waals surface area contributed by atoms with E-state index in [1.165, 1.54) is 15.9 Å². The number of amides is 1. The zero-order chi connectivity index (χ0) is 20.6. The molecule has 0 fully saturated rings. The topological polar surface area (TPSA) is 67.2 Å². The minimum Gasteiger partial charge on any atom is -0.324 e. The molecule has 9 heteroatoms. The van der Waals surface area contributed by atoms with Gasteiger partial charge in [0.15, 0.2) is 0 Å². The fourth-order valence-electron chi connectivity index (χ4n) is 2.91. The van der Waals surface area contributed by atoms with Crippen molar-refractivity contribution in [1.82, 2.24) is 14.5 Å². The first-order chi connectivity index (χ1) is 13.2. The van der Waals surface area contributed by atoms with E-state index >= 15 is 0 Å². The highest BCUT2D eigenvalue weighted by atomic mass is 35.5. The molecule has 0 spiro atoms. The first-order valence-corrected chi connectivity index (χ1v) is 10.1. The van der Waals surface area contributed by atoms with Crippen molar-refractivity contribution in [2.75, 3.05) is 19.4 Å². The Bertz CT molecular complexity index is 1100. The summed E-state index contributed by atoms with van der Waals surface area (Å²) < 4.78 is 1.43. The molecule has 0 unspecified atom stereocenters. The number of aromatic nitrogens is 2. The van der Waals surface area contributed by atoms with Crippen molar-refractivity contribution in [3.8, 4) is 0 Å². The van der Waals surface area contributed by atoms with Gasteiger partial charge in [0.2, 0.25) is 5.91 Å².